The van der Waals surface area contributed by atoms with E-state index in [1.54, 1.807) is 0 Å². The van der Waals surface area contributed by atoms with Crippen molar-refractivity contribution in [2.45, 2.75) is 13.3 Å². The average molecular weight is 464 g/mol. The van der Waals surface area contributed by atoms with E-state index < -0.39 is 9.84 Å². The van der Waals surface area contributed by atoms with Gasteiger partial charge in [-0.2, -0.15) is 0 Å². The van der Waals surface area contributed by atoms with Gasteiger partial charge in [0.05, 0.1) is 5.75 Å². The fourth-order valence-electron chi connectivity index (χ4n) is 3.76. The predicted molar refractivity (Wildman–Crippen MR) is 138 cm³/mol. The standard InChI is InChI=1S/C28H33NO3S/c1-4-27(23-11-7-5-8-12-23)28(24-13-9-6-10-14-24)25-15-17-26(18-16-25)32-21-19-29(2)20-22-33(3,30)31/h5-18H,4,19-22H2,1-3H3/b28-27-. The van der Waals surface area contributed by atoms with Gasteiger partial charge in [0, 0.05) is 19.3 Å². The maximum absolute atomic E-state index is 11.3. The highest BCUT2D eigenvalue weighted by molar-refractivity contribution is 7.90. The molecule has 3 aromatic carbocycles. The van der Waals surface area contributed by atoms with Crippen molar-refractivity contribution in [1.82, 2.24) is 4.90 Å². The number of ether oxygens (including phenoxy) is 1. The molecule has 0 fully saturated rings. The summed E-state index contributed by atoms with van der Waals surface area (Å²) in [4.78, 5) is 1.97. The molecule has 0 aliphatic carbocycles. The summed E-state index contributed by atoms with van der Waals surface area (Å²) in [6, 6.07) is 29.3. The summed E-state index contributed by atoms with van der Waals surface area (Å²) in [7, 11) is -1.04. The van der Waals surface area contributed by atoms with Crippen molar-refractivity contribution in [2.75, 3.05) is 38.8 Å². The number of hydrogen-bond donors (Lipinski definition) is 0. The van der Waals surface area contributed by atoms with Crippen molar-refractivity contribution in [2.24, 2.45) is 0 Å². The van der Waals surface area contributed by atoms with E-state index in [1.165, 1.54) is 28.5 Å². The van der Waals surface area contributed by atoms with Crippen molar-refractivity contribution in [3.8, 4) is 5.75 Å². The monoisotopic (exact) mass is 463 g/mol. The summed E-state index contributed by atoms with van der Waals surface area (Å²) in [6.45, 7) is 3.88. The van der Waals surface area contributed by atoms with Crippen LogP contribution in [0, 0.1) is 0 Å². The molecule has 0 radical (unpaired) electrons. The van der Waals surface area contributed by atoms with Crippen LogP contribution in [0.1, 0.15) is 30.0 Å². The number of sulfone groups is 1. The minimum absolute atomic E-state index is 0.161. The first kappa shape index (κ1) is 24.7. The summed E-state index contributed by atoms with van der Waals surface area (Å²) in [5, 5.41) is 0. The molecule has 0 saturated heterocycles. The Hall–Kier alpha value is -2.89. The third-order valence-electron chi connectivity index (χ3n) is 5.57. The number of benzene rings is 3. The van der Waals surface area contributed by atoms with Crippen LogP contribution in [-0.4, -0.2) is 52.1 Å². The van der Waals surface area contributed by atoms with Crippen LogP contribution in [-0.2, 0) is 9.84 Å². The molecule has 0 N–H and O–H groups in total. The predicted octanol–water partition coefficient (Wildman–Crippen LogP) is 5.41. The second kappa shape index (κ2) is 11.8. The van der Waals surface area contributed by atoms with Crippen LogP contribution in [0.25, 0.3) is 11.1 Å². The third-order valence-corrected chi connectivity index (χ3v) is 6.49. The van der Waals surface area contributed by atoms with E-state index in [2.05, 4.69) is 67.6 Å². The van der Waals surface area contributed by atoms with Crippen LogP contribution in [0.2, 0.25) is 0 Å². The first-order chi connectivity index (χ1) is 15.9. The Kier molecular flexibility index (Phi) is 8.87. The van der Waals surface area contributed by atoms with Crippen LogP contribution in [0.15, 0.2) is 84.9 Å². The Balaban J connectivity index is 1.78. The second-order valence-corrected chi connectivity index (χ2v) is 10.5. The Morgan fingerprint density at radius 3 is 1.88 bits per heavy atom. The van der Waals surface area contributed by atoms with Crippen molar-refractivity contribution < 1.29 is 13.2 Å². The van der Waals surface area contributed by atoms with E-state index in [0.29, 0.717) is 19.7 Å². The van der Waals surface area contributed by atoms with Gasteiger partial charge in [-0.05, 0) is 53.4 Å². The molecule has 3 aromatic rings. The van der Waals surface area contributed by atoms with E-state index in [0.717, 1.165) is 17.7 Å². The molecular formula is C28H33NO3S. The van der Waals surface area contributed by atoms with E-state index in [9.17, 15) is 8.42 Å². The Labute approximate surface area is 198 Å². The molecule has 0 saturated carbocycles. The van der Waals surface area contributed by atoms with Crippen LogP contribution in [0.3, 0.4) is 0 Å². The Bertz CT molecular complexity index is 1140. The molecule has 0 heterocycles. The van der Waals surface area contributed by atoms with Crippen molar-refractivity contribution in [1.29, 1.82) is 0 Å². The lowest BCUT2D eigenvalue weighted by molar-refractivity contribution is 0.244. The number of rotatable bonds is 11. The van der Waals surface area contributed by atoms with E-state index in [4.69, 9.17) is 4.74 Å². The lowest BCUT2D eigenvalue weighted by Crippen LogP contribution is -2.29. The molecule has 0 amide bonds. The lowest BCUT2D eigenvalue weighted by Gasteiger charge is -2.18. The van der Waals surface area contributed by atoms with Gasteiger partial charge in [-0.15, -0.1) is 0 Å². The highest BCUT2D eigenvalue weighted by atomic mass is 32.2. The average Bonchev–Trinajstić information content (AvgIpc) is 2.82. The number of hydrogen-bond acceptors (Lipinski definition) is 4. The molecule has 0 spiro atoms. The fourth-order valence-corrected chi connectivity index (χ4v) is 4.40. The van der Waals surface area contributed by atoms with E-state index in [1.807, 2.05) is 36.2 Å². The lowest BCUT2D eigenvalue weighted by atomic mass is 9.88. The maximum atomic E-state index is 11.3. The van der Waals surface area contributed by atoms with Crippen LogP contribution >= 0.6 is 0 Å². The van der Waals surface area contributed by atoms with Crippen LogP contribution in [0.5, 0.6) is 5.75 Å². The molecule has 0 aromatic heterocycles. The molecule has 33 heavy (non-hydrogen) atoms. The van der Waals surface area contributed by atoms with Gasteiger partial charge in [-0.25, -0.2) is 8.42 Å². The van der Waals surface area contributed by atoms with E-state index >= 15 is 0 Å². The molecular weight excluding hydrogens is 430 g/mol. The number of allylic oxidation sites excluding steroid dienone is 1. The number of nitrogens with zero attached hydrogens (tertiary/aromatic N) is 1. The quantitative estimate of drug-likeness (QED) is 0.357. The summed E-state index contributed by atoms with van der Waals surface area (Å²) in [6.07, 6.45) is 2.19. The van der Waals surface area contributed by atoms with E-state index in [-0.39, 0.29) is 5.75 Å². The van der Waals surface area contributed by atoms with Gasteiger partial charge in [0.25, 0.3) is 0 Å². The highest BCUT2D eigenvalue weighted by Crippen LogP contribution is 2.34. The van der Waals surface area contributed by atoms with Gasteiger partial charge < -0.3 is 9.64 Å². The number of likely N-dealkylation sites (N-methyl/N-ethyl adjacent to an activating group) is 1. The smallest absolute Gasteiger partial charge is 0.148 e. The molecule has 5 heteroatoms. The summed E-state index contributed by atoms with van der Waals surface area (Å²) in [5.74, 6) is 0.967. The van der Waals surface area contributed by atoms with Crippen LogP contribution < -0.4 is 4.74 Å². The van der Waals surface area contributed by atoms with Gasteiger partial charge in [-0.1, -0.05) is 79.7 Å². The summed E-state index contributed by atoms with van der Waals surface area (Å²) >= 11 is 0. The SMILES string of the molecule is CC/C(=C(\c1ccccc1)c1ccc(OCCN(C)CCS(C)(=O)=O)cc1)c1ccccc1. The zero-order valence-electron chi connectivity index (χ0n) is 19.7. The molecule has 3 rings (SSSR count). The summed E-state index contributed by atoms with van der Waals surface area (Å²) in [5.41, 5.74) is 6.12. The molecule has 0 aliphatic rings. The molecule has 0 unspecified atom stereocenters. The zero-order valence-corrected chi connectivity index (χ0v) is 20.5. The maximum Gasteiger partial charge on any atom is 0.148 e. The van der Waals surface area contributed by atoms with Gasteiger partial charge in [-0.3, -0.25) is 0 Å². The minimum atomic E-state index is -2.95. The normalized spacial score (nSPS) is 12.5. The molecule has 0 atom stereocenters. The molecule has 0 aliphatic heterocycles. The van der Waals surface area contributed by atoms with Crippen molar-refractivity contribution >= 4 is 21.0 Å². The first-order valence-corrected chi connectivity index (χ1v) is 13.4. The van der Waals surface area contributed by atoms with Crippen molar-refractivity contribution in [3.05, 3.63) is 102 Å². The molecule has 4 nitrogen and oxygen atoms in total. The van der Waals surface area contributed by atoms with Crippen LogP contribution in [0.4, 0.5) is 0 Å². The Morgan fingerprint density at radius 2 is 1.33 bits per heavy atom. The molecule has 174 valence electrons. The van der Waals surface area contributed by atoms with Gasteiger partial charge in [0.2, 0.25) is 0 Å². The summed E-state index contributed by atoms with van der Waals surface area (Å²) < 4.78 is 28.6. The fraction of sp³-hybridized carbons (Fsp3) is 0.286. The largest absolute Gasteiger partial charge is 0.492 e. The first-order valence-electron chi connectivity index (χ1n) is 11.3. The highest BCUT2D eigenvalue weighted by Gasteiger charge is 2.13. The Morgan fingerprint density at radius 1 is 0.788 bits per heavy atom. The van der Waals surface area contributed by atoms with Gasteiger partial charge >= 0.3 is 0 Å². The minimum Gasteiger partial charge on any atom is -0.492 e. The van der Waals surface area contributed by atoms with Crippen molar-refractivity contribution in [3.63, 3.8) is 0 Å². The topological polar surface area (TPSA) is 46.6 Å². The molecule has 0 bridgehead atoms. The second-order valence-electron chi connectivity index (χ2n) is 8.25. The zero-order chi connectivity index (χ0) is 23.7. The van der Waals surface area contributed by atoms with Gasteiger partial charge in [0.1, 0.15) is 22.2 Å². The van der Waals surface area contributed by atoms with Gasteiger partial charge in [0.15, 0.2) is 0 Å². The third kappa shape index (κ3) is 7.58.